The van der Waals surface area contributed by atoms with Crippen LogP contribution in [0.25, 0.3) is 11.6 Å². The first-order valence-electron chi connectivity index (χ1n) is 5.28. The molecule has 18 heavy (non-hydrogen) atoms. The van der Waals surface area contributed by atoms with Crippen molar-refractivity contribution in [1.82, 2.24) is 4.98 Å². The molecule has 0 saturated heterocycles. The molecule has 3 nitrogen and oxygen atoms in total. The molecule has 4 heteroatoms. The van der Waals surface area contributed by atoms with Gasteiger partial charge in [-0.05, 0) is 35.4 Å². The minimum Gasteiger partial charge on any atom is -0.478 e. The van der Waals surface area contributed by atoms with Crippen LogP contribution in [0, 0.1) is 0 Å². The van der Waals surface area contributed by atoms with Gasteiger partial charge in [-0.3, -0.25) is 4.98 Å². The zero-order valence-electron chi connectivity index (χ0n) is 9.38. The highest BCUT2D eigenvalue weighted by molar-refractivity contribution is 9.10. The predicted molar refractivity (Wildman–Crippen MR) is 73.9 cm³/mol. The van der Waals surface area contributed by atoms with Crippen LogP contribution in [0.4, 0.5) is 0 Å². The van der Waals surface area contributed by atoms with Gasteiger partial charge in [0, 0.05) is 16.9 Å². The molecule has 1 aromatic heterocycles. The molecular formula is C14H10BrNO2. The van der Waals surface area contributed by atoms with Crippen LogP contribution in [0.3, 0.4) is 0 Å². The van der Waals surface area contributed by atoms with E-state index in [-0.39, 0.29) is 5.57 Å². The average molecular weight is 304 g/mol. The second kappa shape index (κ2) is 5.60. The second-order valence-corrected chi connectivity index (χ2v) is 4.57. The molecule has 90 valence electrons. The molecule has 0 aliphatic heterocycles. The standard InChI is InChI=1S/C14H10BrNO2/c15-12-5-3-11(4-6-12)13(14(17)18)8-10-2-1-7-16-9-10/h1-9H,(H,17,18)/b13-8-. The first-order chi connectivity index (χ1) is 8.66. The summed E-state index contributed by atoms with van der Waals surface area (Å²) >= 11 is 3.32. The lowest BCUT2D eigenvalue weighted by molar-refractivity contribution is -0.130. The third-order valence-corrected chi connectivity index (χ3v) is 2.91. The first-order valence-corrected chi connectivity index (χ1v) is 6.07. The minimum atomic E-state index is -0.957. The second-order valence-electron chi connectivity index (χ2n) is 3.66. The van der Waals surface area contributed by atoms with Gasteiger partial charge >= 0.3 is 5.97 Å². The molecular weight excluding hydrogens is 294 g/mol. The largest absolute Gasteiger partial charge is 0.478 e. The highest BCUT2D eigenvalue weighted by Crippen LogP contribution is 2.20. The van der Waals surface area contributed by atoms with Crippen molar-refractivity contribution in [2.24, 2.45) is 0 Å². The van der Waals surface area contributed by atoms with Gasteiger partial charge in [-0.15, -0.1) is 0 Å². The van der Waals surface area contributed by atoms with Gasteiger partial charge in [0.25, 0.3) is 0 Å². The number of aromatic nitrogens is 1. The Kier molecular flexibility index (Phi) is 3.89. The van der Waals surface area contributed by atoms with Gasteiger partial charge < -0.3 is 5.11 Å². The van der Waals surface area contributed by atoms with Crippen LogP contribution >= 0.6 is 15.9 Å². The zero-order chi connectivity index (χ0) is 13.0. The van der Waals surface area contributed by atoms with E-state index < -0.39 is 5.97 Å². The Bertz CT molecular complexity index is 577. The van der Waals surface area contributed by atoms with Crippen LogP contribution in [-0.4, -0.2) is 16.1 Å². The Hall–Kier alpha value is -1.94. The SMILES string of the molecule is O=C(O)/C(=C\c1cccnc1)c1ccc(Br)cc1. The van der Waals surface area contributed by atoms with Crippen LogP contribution in [0.15, 0.2) is 53.3 Å². The van der Waals surface area contributed by atoms with Gasteiger partial charge in [-0.2, -0.15) is 0 Å². The first kappa shape index (κ1) is 12.5. The fraction of sp³-hybridized carbons (Fsp3) is 0. The number of pyridine rings is 1. The molecule has 1 aromatic carbocycles. The highest BCUT2D eigenvalue weighted by Gasteiger charge is 2.10. The molecule has 0 unspecified atom stereocenters. The fourth-order valence-corrected chi connectivity index (χ4v) is 1.79. The Morgan fingerprint density at radius 3 is 2.50 bits per heavy atom. The van der Waals surface area contributed by atoms with Gasteiger partial charge in [0.2, 0.25) is 0 Å². The van der Waals surface area contributed by atoms with Crippen LogP contribution in [0.2, 0.25) is 0 Å². The molecule has 2 rings (SSSR count). The monoisotopic (exact) mass is 303 g/mol. The van der Waals surface area contributed by atoms with Crippen molar-refractivity contribution in [3.05, 3.63) is 64.4 Å². The smallest absolute Gasteiger partial charge is 0.336 e. The van der Waals surface area contributed by atoms with Crippen LogP contribution < -0.4 is 0 Å². The predicted octanol–water partition coefficient (Wildman–Crippen LogP) is 3.47. The number of carboxylic acids is 1. The molecule has 0 spiro atoms. The molecule has 0 bridgehead atoms. The maximum absolute atomic E-state index is 11.3. The van der Waals surface area contributed by atoms with E-state index >= 15 is 0 Å². The summed E-state index contributed by atoms with van der Waals surface area (Å²) in [6, 6.07) is 10.7. The van der Waals surface area contributed by atoms with E-state index in [0.717, 1.165) is 10.0 Å². The number of carboxylic acid groups (broad SMARTS) is 1. The lowest BCUT2D eigenvalue weighted by Crippen LogP contribution is -1.99. The van der Waals surface area contributed by atoms with Crippen molar-refractivity contribution in [1.29, 1.82) is 0 Å². The number of rotatable bonds is 3. The lowest BCUT2D eigenvalue weighted by Gasteiger charge is -2.03. The summed E-state index contributed by atoms with van der Waals surface area (Å²) in [6.07, 6.45) is 4.89. The van der Waals surface area contributed by atoms with Gasteiger partial charge in [0.1, 0.15) is 0 Å². The van der Waals surface area contributed by atoms with Gasteiger partial charge in [0.15, 0.2) is 0 Å². The number of benzene rings is 1. The number of hydrogen-bond acceptors (Lipinski definition) is 2. The van der Waals surface area contributed by atoms with Crippen molar-refractivity contribution < 1.29 is 9.90 Å². The fourth-order valence-electron chi connectivity index (χ4n) is 1.53. The maximum Gasteiger partial charge on any atom is 0.336 e. The van der Waals surface area contributed by atoms with E-state index in [1.807, 2.05) is 18.2 Å². The lowest BCUT2D eigenvalue weighted by atomic mass is 10.0. The average Bonchev–Trinajstić information content (AvgIpc) is 2.38. The quantitative estimate of drug-likeness (QED) is 0.883. The normalized spacial score (nSPS) is 11.3. The van der Waals surface area contributed by atoms with Crippen molar-refractivity contribution >= 4 is 33.5 Å². The summed E-state index contributed by atoms with van der Waals surface area (Å²) in [5, 5.41) is 9.26. The molecule has 2 aromatic rings. The molecule has 0 saturated carbocycles. The van der Waals surface area contributed by atoms with E-state index in [1.165, 1.54) is 0 Å². The molecule has 0 amide bonds. The zero-order valence-corrected chi connectivity index (χ0v) is 11.0. The molecule has 1 heterocycles. The Balaban J connectivity index is 2.44. The molecule has 0 aliphatic rings. The summed E-state index contributed by atoms with van der Waals surface area (Å²) in [5.41, 5.74) is 1.67. The molecule has 0 aliphatic carbocycles. The third kappa shape index (κ3) is 3.05. The van der Waals surface area contributed by atoms with E-state index in [4.69, 9.17) is 0 Å². The van der Waals surface area contributed by atoms with E-state index in [9.17, 15) is 9.90 Å². The molecule has 0 fully saturated rings. The molecule has 0 radical (unpaired) electrons. The topological polar surface area (TPSA) is 50.2 Å². The molecule has 0 atom stereocenters. The minimum absolute atomic E-state index is 0.246. The van der Waals surface area contributed by atoms with Gasteiger partial charge in [0.05, 0.1) is 5.57 Å². The summed E-state index contributed by atoms with van der Waals surface area (Å²) in [7, 11) is 0. The number of carbonyl (C=O) groups is 1. The van der Waals surface area contributed by atoms with Gasteiger partial charge in [-0.25, -0.2) is 4.79 Å². The molecule has 1 N–H and O–H groups in total. The van der Waals surface area contributed by atoms with Gasteiger partial charge in [-0.1, -0.05) is 34.1 Å². The number of halogens is 1. The Morgan fingerprint density at radius 2 is 1.94 bits per heavy atom. The number of nitrogens with zero attached hydrogens (tertiary/aromatic N) is 1. The Morgan fingerprint density at radius 1 is 1.22 bits per heavy atom. The highest BCUT2D eigenvalue weighted by atomic mass is 79.9. The van der Waals surface area contributed by atoms with Crippen molar-refractivity contribution in [3.63, 3.8) is 0 Å². The van der Waals surface area contributed by atoms with Crippen LogP contribution in [0.1, 0.15) is 11.1 Å². The Labute approximate surface area is 113 Å². The third-order valence-electron chi connectivity index (χ3n) is 2.38. The number of hydrogen-bond donors (Lipinski definition) is 1. The number of aliphatic carboxylic acids is 1. The summed E-state index contributed by atoms with van der Waals surface area (Å²) in [4.78, 5) is 15.2. The van der Waals surface area contributed by atoms with Crippen molar-refractivity contribution in [2.45, 2.75) is 0 Å². The maximum atomic E-state index is 11.3. The van der Waals surface area contributed by atoms with E-state index in [1.54, 1.807) is 36.7 Å². The summed E-state index contributed by atoms with van der Waals surface area (Å²) in [5.74, 6) is -0.957. The van der Waals surface area contributed by atoms with Crippen molar-refractivity contribution in [3.8, 4) is 0 Å². The van der Waals surface area contributed by atoms with E-state index in [2.05, 4.69) is 20.9 Å². The van der Waals surface area contributed by atoms with Crippen LogP contribution in [0.5, 0.6) is 0 Å². The summed E-state index contributed by atoms with van der Waals surface area (Å²) < 4.78 is 0.914. The summed E-state index contributed by atoms with van der Waals surface area (Å²) in [6.45, 7) is 0. The van der Waals surface area contributed by atoms with Crippen LogP contribution in [-0.2, 0) is 4.79 Å². The van der Waals surface area contributed by atoms with E-state index in [0.29, 0.717) is 5.56 Å². The van der Waals surface area contributed by atoms with Crippen molar-refractivity contribution in [2.75, 3.05) is 0 Å².